The Labute approximate surface area is 68.2 Å². The predicted octanol–water partition coefficient (Wildman–Crippen LogP) is -0.340. The predicted molar refractivity (Wildman–Crippen MR) is 43.0 cm³/mol. The molecule has 11 heavy (non-hydrogen) atoms. The van der Waals surface area contributed by atoms with Crippen LogP contribution in [0.4, 0.5) is 0 Å². The van der Waals surface area contributed by atoms with Crippen LogP contribution in [0.1, 0.15) is 0 Å². The zero-order valence-corrected chi connectivity index (χ0v) is 6.96. The van der Waals surface area contributed by atoms with E-state index in [0.29, 0.717) is 0 Å². The number of hydrogen-bond acceptors (Lipinski definition) is 2. The van der Waals surface area contributed by atoms with Gasteiger partial charge < -0.3 is 14.3 Å². The van der Waals surface area contributed by atoms with Gasteiger partial charge in [-0.15, -0.1) is 0 Å². The summed E-state index contributed by atoms with van der Waals surface area (Å²) < 4.78 is 6.17. The molecule has 1 heterocycles. The smallest absolute Gasteiger partial charge is 0.103 e. The molecule has 3 nitrogen and oxygen atoms in total. The Hall–Kier alpha value is -0.120. The molecule has 65 valence electrons. The van der Waals surface area contributed by atoms with Crippen LogP contribution in [-0.2, 0) is 4.74 Å². The quantitative estimate of drug-likeness (QED) is 0.571. The second kappa shape index (κ2) is 4.04. The maximum atomic E-state index is 8.83. The molecule has 3 heteroatoms. The Kier molecular flexibility index (Phi) is 3.30. The van der Waals surface area contributed by atoms with Crippen LogP contribution in [0.15, 0.2) is 0 Å². The number of morpholine rings is 1. The summed E-state index contributed by atoms with van der Waals surface area (Å²) >= 11 is 0. The van der Waals surface area contributed by atoms with E-state index in [-0.39, 0.29) is 6.61 Å². The number of hydrogen-bond donors (Lipinski definition) is 1. The molecule has 0 bridgehead atoms. The van der Waals surface area contributed by atoms with Crippen molar-refractivity contribution in [1.82, 2.24) is 0 Å². The van der Waals surface area contributed by atoms with Gasteiger partial charge in [0.2, 0.25) is 0 Å². The number of nitrogens with zero attached hydrogens (tertiary/aromatic N) is 1. The molecular weight excluding hydrogens is 142 g/mol. The van der Waals surface area contributed by atoms with Crippen molar-refractivity contribution in [2.75, 3.05) is 46.0 Å². The van der Waals surface area contributed by atoms with Gasteiger partial charge in [-0.25, -0.2) is 0 Å². The average Bonchev–Trinajstić information content (AvgIpc) is 2.07. The van der Waals surface area contributed by atoms with E-state index in [2.05, 4.69) is 6.92 Å². The van der Waals surface area contributed by atoms with Gasteiger partial charge in [0.1, 0.15) is 19.6 Å². The zero-order chi connectivity index (χ0) is 8.16. The van der Waals surface area contributed by atoms with Crippen molar-refractivity contribution in [2.24, 2.45) is 0 Å². The molecule has 0 saturated carbocycles. The van der Waals surface area contributed by atoms with Crippen molar-refractivity contribution in [3.63, 3.8) is 0 Å². The average molecular weight is 159 g/mol. The van der Waals surface area contributed by atoms with Crippen molar-refractivity contribution in [3.8, 4) is 0 Å². The van der Waals surface area contributed by atoms with Gasteiger partial charge in [0.25, 0.3) is 0 Å². The lowest BCUT2D eigenvalue weighted by molar-refractivity contribution is -0.930. The zero-order valence-electron chi connectivity index (χ0n) is 6.96. The molecule has 0 aromatic heterocycles. The lowest BCUT2D eigenvalue weighted by atomic mass is 10.3. The van der Waals surface area contributed by atoms with Gasteiger partial charge in [-0.05, 0) is 0 Å². The van der Waals surface area contributed by atoms with E-state index >= 15 is 0 Å². The molecule has 0 atom stereocenters. The van der Waals surface area contributed by atoms with E-state index in [0.717, 1.165) is 43.9 Å². The summed E-state index contributed by atoms with van der Waals surface area (Å²) in [5, 5.41) is 8.83. The van der Waals surface area contributed by atoms with Crippen LogP contribution in [0.3, 0.4) is 0 Å². The van der Waals surface area contributed by atoms with E-state index in [1.165, 1.54) is 0 Å². The minimum atomic E-state index is 0.259. The van der Waals surface area contributed by atoms with Gasteiger partial charge in [0, 0.05) is 6.92 Å². The third-order valence-corrected chi connectivity index (χ3v) is 2.47. The van der Waals surface area contributed by atoms with Crippen molar-refractivity contribution in [3.05, 3.63) is 6.92 Å². The van der Waals surface area contributed by atoms with E-state index < -0.39 is 0 Å². The normalized spacial score (nSPS) is 23.5. The van der Waals surface area contributed by atoms with Crippen molar-refractivity contribution < 1.29 is 14.3 Å². The largest absolute Gasteiger partial charge is 0.391 e. The molecule has 1 radical (unpaired) electrons. The third-order valence-electron chi connectivity index (χ3n) is 2.47. The first kappa shape index (κ1) is 8.97. The Bertz CT molecular complexity index is 105. The number of aliphatic hydroxyl groups is 1. The van der Waals surface area contributed by atoms with Gasteiger partial charge >= 0.3 is 0 Å². The Balaban J connectivity index is 2.42. The monoisotopic (exact) mass is 159 g/mol. The number of quaternary nitrogens is 1. The minimum Gasteiger partial charge on any atom is -0.391 e. The van der Waals surface area contributed by atoms with Crippen LogP contribution in [0.2, 0.25) is 0 Å². The Morgan fingerprint density at radius 3 is 2.45 bits per heavy atom. The Morgan fingerprint density at radius 1 is 1.36 bits per heavy atom. The maximum Gasteiger partial charge on any atom is 0.103 e. The maximum absolute atomic E-state index is 8.83. The van der Waals surface area contributed by atoms with Gasteiger partial charge in [0.15, 0.2) is 0 Å². The first-order valence-electron chi connectivity index (χ1n) is 4.16. The fourth-order valence-corrected chi connectivity index (χ4v) is 1.50. The minimum absolute atomic E-state index is 0.259. The summed E-state index contributed by atoms with van der Waals surface area (Å²) in [6, 6.07) is 0. The van der Waals surface area contributed by atoms with Crippen LogP contribution in [0, 0.1) is 6.92 Å². The topological polar surface area (TPSA) is 29.5 Å². The SMILES string of the molecule is [CH2]C[N+]1(CCO)CCOCC1. The highest BCUT2D eigenvalue weighted by molar-refractivity contribution is 4.51. The molecule has 0 aromatic rings. The van der Waals surface area contributed by atoms with Crippen LogP contribution >= 0.6 is 0 Å². The van der Waals surface area contributed by atoms with Gasteiger partial charge in [-0.1, -0.05) is 0 Å². The summed E-state index contributed by atoms with van der Waals surface area (Å²) in [6.45, 7) is 9.49. The van der Waals surface area contributed by atoms with E-state index in [1.54, 1.807) is 0 Å². The summed E-state index contributed by atoms with van der Waals surface area (Å²) in [4.78, 5) is 0. The standard InChI is InChI=1S/C8H17NO2/c1-2-9(3-6-10)4-7-11-8-5-9/h10H,1-8H2/q+1. The van der Waals surface area contributed by atoms with Crippen LogP contribution in [0.5, 0.6) is 0 Å². The molecule has 1 saturated heterocycles. The second-order valence-corrected chi connectivity index (χ2v) is 3.07. The van der Waals surface area contributed by atoms with E-state index in [1.807, 2.05) is 0 Å². The molecule has 0 unspecified atom stereocenters. The summed E-state index contributed by atoms with van der Waals surface area (Å²) in [5.74, 6) is 0. The molecule has 1 rings (SSSR count). The highest BCUT2D eigenvalue weighted by Gasteiger charge is 2.27. The number of ether oxygens (including phenoxy) is 1. The molecule has 0 amide bonds. The summed E-state index contributed by atoms with van der Waals surface area (Å²) in [6.07, 6.45) is 0. The van der Waals surface area contributed by atoms with Crippen molar-refractivity contribution in [1.29, 1.82) is 0 Å². The second-order valence-electron chi connectivity index (χ2n) is 3.07. The molecule has 0 aromatic carbocycles. The molecule has 0 spiro atoms. The van der Waals surface area contributed by atoms with Crippen LogP contribution in [0.25, 0.3) is 0 Å². The van der Waals surface area contributed by atoms with E-state index in [9.17, 15) is 0 Å². The molecular formula is C8H17NO2+. The van der Waals surface area contributed by atoms with E-state index in [4.69, 9.17) is 9.84 Å². The highest BCUT2D eigenvalue weighted by Crippen LogP contribution is 2.09. The van der Waals surface area contributed by atoms with Crippen molar-refractivity contribution in [2.45, 2.75) is 0 Å². The van der Waals surface area contributed by atoms with Gasteiger partial charge in [0.05, 0.1) is 26.4 Å². The molecule has 0 aliphatic carbocycles. The molecule has 1 aliphatic heterocycles. The summed E-state index contributed by atoms with van der Waals surface area (Å²) in [7, 11) is 0. The summed E-state index contributed by atoms with van der Waals surface area (Å²) in [5.41, 5.74) is 0. The number of rotatable bonds is 3. The fraction of sp³-hybridized carbons (Fsp3) is 0.875. The first-order valence-corrected chi connectivity index (χ1v) is 4.16. The molecule has 1 fully saturated rings. The lowest BCUT2D eigenvalue weighted by Crippen LogP contribution is -2.56. The van der Waals surface area contributed by atoms with Gasteiger partial charge in [-0.3, -0.25) is 0 Å². The Morgan fingerprint density at radius 2 is 2.00 bits per heavy atom. The molecule has 1 N–H and O–H groups in total. The number of aliphatic hydroxyl groups excluding tert-OH is 1. The molecule has 1 aliphatic rings. The third kappa shape index (κ3) is 2.15. The van der Waals surface area contributed by atoms with Crippen molar-refractivity contribution >= 4 is 0 Å². The van der Waals surface area contributed by atoms with Crippen LogP contribution < -0.4 is 0 Å². The van der Waals surface area contributed by atoms with Gasteiger partial charge in [-0.2, -0.15) is 0 Å². The highest BCUT2D eigenvalue weighted by atomic mass is 16.5. The first-order chi connectivity index (χ1) is 5.33. The lowest BCUT2D eigenvalue weighted by Gasteiger charge is -2.39. The van der Waals surface area contributed by atoms with Crippen LogP contribution in [-0.4, -0.2) is 55.6 Å². The fourth-order valence-electron chi connectivity index (χ4n) is 1.50.